The number of aryl methyl sites for hydroxylation is 2. The molecule has 2 N–H and O–H groups in total. The normalized spacial score (nSPS) is 10.7. The zero-order chi connectivity index (χ0) is 28.5. The van der Waals surface area contributed by atoms with Gasteiger partial charge in [-0.3, -0.25) is 9.59 Å². The Labute approximate surface area is 232 Å². The average Bonchev–Trinajstić information content (AvgIpc) is 2.95. The van der Waals surface area contributed by atoms with Gasteiger partial charge in [0, 0.05) is 16.8 Å². The number of amides is 2. The van der Waals surface area contributed by atoms with Gasteiger partial charge in [0.25, 0.3) is 11.8 Å². The minimum Gasteiger partial charge on any atom is -0.490 e. The number of nitrogens with one attached hydrogen (secondary N) is 2. The van der Waals surface area contributed by atoms with Crippen LogP contribution in [0.2, 0.25) is 0 Å². The number of carbonyl (C=O) groups is 3. The highest BCUT2D eigenvalue weighted by Gasteiger charge is 2.13. The van der Waals surface area contributed by atoms with E-state index in [1.54, 1.807) is 66.7 Å². The molecule has 0 heterocycles. The molecule has 0 radical (unpaired) electrons. The number of ether oxygens (including phenoxy) is 2. The van der Waals surface area contributed by atoms with E-state index < -0.39 is 11.9 Å². The van der Waals surface area contributed by atoms with E-state index in [2.05, 4.69) is 15.8 Å². The van der Waals surface area contributed by atoms with Crippen LogP contribution >= 0.6 is 0 Å². The van der Waals surface area contributed by atoms with Gasteiger partial charge < -0.3 is 14.8 Å². The average molecular weight is 536 g/mol. The largest absolute Gasteiger partial charge is 0.490 e. The molecular weight excluding hydrogens is 506 g/mol. The van der Waals surface area contributed by atoms with Gasteiger partial charge in [-0.25, -0.2) is 10.2 Å². The van der Waals surface area contributed by atoms with Crippen molar-refractivity contribution < 1.29 is 23.9 Å². The molecule has 0 aliphatic heterocycles. The molecule has 0 aliphatic rings. The minimum atomic E-state index is -0.490. The topological polar surface area (TPSA) is 106 Å². The van der Waals surface area contributed by atoms with E-state index >= 15 is 0 Å². The molecule has 4 aromatic rings. The van der Waals surface area contributed by atoms with Crippen molar-refractivity contribution in [2.24, 2.45) is 5.10 Å². The van der Waals surface area contributed by atoms with Gasteiger partial charge in [-0.2, -0.15) is 5.10 Å². The monoisotopic (exact) mass is 535 g/mol. The van der Waals surface area contributed by atoms with Crippen LogP contribution in [-0.4, -0.2) is 30.6 Å². The maximum Gasteiger partial charge on any atom is 0.343 e. The van der Waals surface area contributed by atoms with Crippen LogP contribution in [0.25, 0.3) is 0 Å². The van der Waals surface area contributed by atoms with Gasteiger partial charge in [-0.15, -0.1) is 0 Å². The van der Waals surface area contributed by atoms with Gasteiger partial charge in [0.15, 0.2) is 11.5 Å². The van der Waals surface area contributed by atoms with Crippen LogP contribution < -0.4 is 20.2 Å². The first-order valence-corrected chi connectivity index (χ1v) is 12.7. The van der Waals surface area contributed by atoms with Gasteiger partial charge in [0.1, 0.15) is 0 Å². The van der Waals surface area contributed by atoms with Gasteiger partial charge in [0.05, 0.1) is 18.4 Å². The zero-order valence-corrected chi connectivity index (χ0v) is 22.4. The lowest BCUT2D eigenvalue weighted by atomic mass is 10.1. The quantitative estimate of drug-likeness (QED) is 0.119. The van der Waals surface area contributed by atoms with Crippen LogP contribution in [0, 0.1) is 13.8 Å². The molecule has 4 rings (SSSR count). The van der Waals surface area contributed by atoms with E-state index in [1.165, 1.54) is 6.21 Å². The number of rotatable bonds is 9. The van der Waals surface area contributed by atoms with Crippen molar-refractivity contribution in [2.75, 3.05) is 11.9 Å². The van der Waals surface area contributed by atoms with Crippen LogP contribution in [0.1, 0.15) is 54.7 Å². The van der Waals surface area contributed by atoms with Crippen LogP contribution in [0.5, 0.6) is 11.5 Å². The number of nitrogens with zero attached hydrogens (tertiary/aromatic N) is 1. The molecule has 8 heteroatoms. The molecule has 0 spiro atoms. The first-order valence-electron chi connectivity index (χ1n) is 12.7. The third-order valence-corrected chi connectivity index (χ3v) is 5.86. The van der Waals surface area contributed by atoms with Gasteiger partial charge in [-0.05, 0) is 93.1 Å². The summed E-state index contributed by atoms with van der Waals surface area (Å²) in [6, 6.07) is 25.8. The van der Waals surface area contributed by atoms with Crippen LogP contribution in [-0.2, 0) is 0 Å². The molecule has 202 valence electrons. The maximum atomic E-state index is 12.5. The van der Waals surface area contributed by atoms with Crippen LogP contribution in [0.4, 0.5) is 5.69 Å². The predicted molar refractivity (Wildman–Crippen MR) is 154 cm³/mol. The lowest BCUT2D eigenvalue weighted by molar-refractivity contribution is 0.0728. The third kappa shape index (κ3) is 7.41. The van der Waals surface area contributed by atoms with Gasteiger partial charge in [-0.1, -0.05) is 35.4 Å². The third-order valence-electron chi connectivity index (χ3n) is 5.86. The second-order valence-electron chi connectivity index (χ2n) is 8.99. The SMILES string of the molecule is CCOc1cc(/C=N\NC(=O)c2ccc(NC(=O)c3ccc(C)cc3)cc2)ccc1OC(=O)c1ccc(C)cc1. The summed E-state index contributed by atoms with van der Waals surface area (Å²) in [7, 11) is 0. The summed E-state index contributed by atoms with van der Waals surface area (Å²) in [4.78, 5) is 37.4. The van der Waals surface area contributed by atoms with E-state index in [9.17, 15) is 14.4 Å². The number of carbonyl (C=O) groups excluding carboxylic acids is 3. The predicted octanol–water partition coefficient (Wildman–Crippen LogP) is 5.94. The van der Waals surface area contributed by atoms with E-state index in [0.29, 0.717) is 40.3 Å². The van der Waals surface area contributed by atoms with Crippen LogP contribution in [0.3, 0.4) is 0 Å². The Bertz CT molecular complexity index is 1530. The molecule has 0 unspecified atom stereocenters. The second-order valence-corrected chi connectivity index (χ2v) is 8.99. The smallest absolute Gasteiger partial charge is 0.343 e. The summed E-state index contributed by atoms with van der Waals surface area (Å²) < 4.78 is 11.2. The van der Waals surface area contributed by atoms with Gasteiger partial charge >= 0.3 is 5.97 Å². The molecule has 0 saturated heterocycles. The van der Waals surface area contributed by atoms with E-state index in [0.717, 1.165) is 11.1 Å². The van der Waals surface area contributed by atoms with Crippen molar-refractivity contribution in [1.82, 2.24) is 5.43 Å². The second kappa shape index (κ2) is 13.0. The molecule has 4 aromatic carbocycles. The number of hydrazone groups is 1. The Kier molecular flexibility index (Phi) is 9.04. The summed E-state index contributed by atoms with van der Waals surface area (Å²) in [5.74, 6) is -0.481. The Balaban J connectivity index is 1.35. The Morgan fingerprint density at radius 3 is 1.93 bits per heavy atom. The molecule has 0 atom stereocenters. The van der Waals surface area contributed by atoms with E-state index in [4.69, 9.17) is 9.47 Å². The molecule has 40 heavy (non-hydrogen) atoms. The fraction of sp³-hybridized carbons (Fsp3) is 0.125. The van der Waals surface area contributed by atoms with Crippen molar-refractivity contribution in [3.63, 3.8) is 0 Å². The lowest BCUT2D eigenvalue weighted by Crippen LogP contribution is -2.18. The highest BCUT2D eigenvalue weighted by molar-refractivity contribution is 6.04. The summed E-state index contributed by atoms with van der Waals surface area (Å²) in [5.41, 5.74) is 7.15. The first-order chi connectivity index (χ1) is 19.3. The number of hydrogen-bond acceptors (Lipinski definition) is 6. The molecule has 0 aromatic heterocycles. The Hall–Kier alpha value is -5.24. The number of hydrogen-bond donors (Lipinski definition) is 2. The molecule has 0 fully saturated rings. The molecule has 0 bridgehead atoms. The first kappa shape index (κ1) is 27.8. The van der Waals surface area contributed by atoms with Crippen molar-refractivity contribution >= 4 is 29.7 Å². The maximum absolute atomic E-state index is 12.5. The Morgan fingerprint density at radius 2 is 1.30 bits per heavy atom. The van der Waals surface area contributed by atoms with Crippen molar-refractivity contribution in [3.8, 4) is 11.5 Å². The molecule has 2 amide bonds. The summed E-state index contributed by atoms with van der Waals surface area (Å²) in [6.45, 7) is 6.09. The molecule has 0 aliphatic carbocycles. The summed E-state index contributed by atoms with van der Waals surface area (Å²) in [5, 5.41) is 6.83. The van der Waals surface area contributed by atoms with E-state index in [1.807, 2.05) is 45.0 Å². The summed E-state index contributed by atoms with van der Waals surface area (Å²) >= 11 is 0. The van der Waals surface area contributed by atoms with Crippen molar-refractivity contribution in [3.05, 3.63) is 124 Å². The molecule has 8 nitrogen and oxygen atoms in total. The molecular formula is C32H29N3O5. The number of benzene rings is 4. The van der Waals surface area contributed by atoms with Crippen molar-refractivity contribution in [2.45, 2.75) is 20.8 Å². The minimum absolute atomic E-state index is 0.232. The standard InChI is InChI=1S/C32H29N3O5/c1-4-39-29-19-23(9-18-28(29)40-32(38)26-12-7-22(3)8-13-26)20-33-35-31(37)25-14-16-27(17-15-25)34-30(36)24-10-5-21(2)6-11-24/h5-20H,4H2,1-3H3,(H,34,36)(H,35,37)/b33-20-. The highest BCUT2D eigenvalue weighted by Crippen LogP contribution is 2.29. The highest BCUT2D eigenvalue weighted by atomic mass is 16.6. The lowest BCUT2D eigenvalue weighted by Gasteiger charge is -2.11. The van der Waals surface area contributed by atoms with Crippen LogP contribution in [0.15, 0.2) is 96.1 Å². The molecule has 0 saturated carbocycles. The number of anilines is 1. The van der Waals surface area contributed by atoms with E-state index in [-0.39, 0.29) is 11.7 Å². The van der Waals surface area contributed by atoms with Gasteiger partial charge in [0.2, 0.25) is 0 Å². The summed E-state index contributed by atoms with van der Waals surface area (Å²) in [6.07, 6.45) is 1.46. The number of esters is 1. The fourth-order valence-electron chi connectivity index (χ4n) is 3.65. The zero-order valence-electron chi connectivity index (χ0n) is 22.4. The Morgan fingerprint density at radius 1 is 0.725 bits per heavy atom. The van der Waals surface area contributed by atoms with Crippen molar-refractivity contribution in [1.29, 1.82) is 0 Å². The fourth-order valence-corrected chi connectivity index (χ4v) is 3.65.